The van der Waals surface area contributed by atoms with Crippen molar-refractivity contribution in [2.45, 2.75) is 13.3 Å². The Balaban J connectivity index is 2.62. The highest BCUT2D eigenvalue weighted by atomic mass is 19.1. The highest BCUT2D eigenvalue weighted by Crippen LogP contribution is 2.20. The Kier molecular flexibility index (Phi) is 3.37. The van der Waals surface area contributed by atoms with Crippen LogP contribution in [0.15, 0.2) is 12.5 Å². The van der Waals surface area contributed by atoms with Gasteiger partial charge in [0, 0.05) is 0 Å². The van der Waals surface area contributed by atoms with Crippen molar-refractivity contribution >= 4 is 11.7 Å². The molecule has 0 radical (unpaired) electrons. The Morgan fingerprint density at radius 3 is 2.75 bits per heavy atom. The molecule has 2 rings (SSSR count). The summed E-state index contributed by atoms with van der Waals surface area (Å²) in [5.74, 6) is -2.72. The van der Waals surface area contributed by atoms with Gasteiger partial charge in [-0.05, 0) is 6.42 Å². The first kappa shape index (κ1) is 13.5. The van der Waals surface area contributed by atoms with Gasteiger partial charge in [-0.3, -0.25) is 10.1 Å². The Morgan fingerprint density at radius 2 is 2.25 bits per heavy atom. The number of carbonyl (C=O) groups is 1. The molecular weight excluding hydrogens is 273 g/mol. The number of carboxylic acid groups (broad SMARTS) is 1. The average molecular weight is 281 g/mol. The lowest BCUT2D eigenvalue weighted by atomic mass is 10.3. The standard InChI is InChI=1S/C10H8FN5O4/c1-2-5-7(11)9(13-4-12-5)15-3-6(16(19)20)8(14-15)10(17)18/h3-4H,2H2,1H3,(H,17,18). The van der Waals surface area contributed by atoms with E-state index in [2.05, 4.69) is 15.1 Å². The number of nitro groups is 1. The minimum Gasteiger partial charge on any atom is -0.476 e. The molecule has 20 heavy (non-hydrogen) atoms. The average Bonchev–Trinajstić information content (AvgIpc) is 2.84. The third-order valence-electron chi connectivity index (χ3n) is 2.49. The van der Waals surface area contributed by atoms with Gasteiger partial charge in [0.2, 0.25) is 5.69 Å². The molecule has 0 saturated heterocycles. The third-order valence-corrected chi connectivity index (χ3v) is 2.49. The van der Waals surface area contributed by atoms with Crippen LogP contribution in [-0.2, 0) is 6.42 Å². The molecule has 0 aliphatic carbocycles. The molecule has 0 aliphatic heterocycles. The second kappa shape index (κ2) is 4.99. The Morgan fingerprint density at radius 1 is 1.55 bits per heavy atom. The molecule has 0 atom stereocenters. The molecule has 9 nitrogen and oxygen atoms in total. The van der Waals surface area contributed by atoms with Gasteiger partial charge in [0.15, 0.2) is 11.6 Å². The van der Waals surface area contributed by atoms with Gasteiger partial charge >= 0.3 is 11.7 Å². The molecule has 10 heteroatoms. The molecule has 1 N–H and O–H groups in total. The van der Waals surface area contributed by atoms with Crippen LogP contribution in [-0.4, -0.2) is 35.7 Å². The highest BCUT2D eigenvalue weighted by molar-refractivity contribution is 5.89. The molecule has 0 bridgehead atoms. The van der Waals surface area contributed by atoms with Gasteiger partial charge in [0.25, 0.3) is 0 Å². The number of aromatic nitrogens is 4. The van der Waals surface area contributed by atoms with Gasteiger partial charge in [-0.1, -0.05) is 6.92 Å². The van der Waals surface area contributed by atoms with Crippen molar-refractivity contribution < 1.29 is 19.2 Å². The maximum absolute atomic E-state index is 14.0. The van der Waals surface area contributed by atoms with Crippen LogP contribution < -0.4 is 0 Å². The lowest BCUT2D eigenvalue weighted by Gasteiger charge is -2.03. The SMILES string of the molecule is CCc1ncnc(-n2cc([N+](=O)[O-])c(C(=O)O)n2)c1F. The van der Waals surface area contributed by atoms with Crippen LogP contribution in [0.2, 0.25) is 0 Å². The first-order valence-electron chi connectivity index (χ1n) is 5.42. The third kappa shape index (κ3) is 2.18. The fourth-order valence-corrected chi connectivity index (χ4v) is 1.56. The van der Waals surface area contributed by atoms with E-state index in [1.54, 1.807) is 6.92 Å². The maximum Gasteiger partial charge on any atom is 0.363 e. The monoisotopic (exact) mass is 281 g/mol. The van der Waals surface area contributed by atoms with Gasteiger partial charge in [-0.15, -0.1) is 0 Å². The van der Waals surface area contributed by atoms with E-state index in [0.717, 1.165) is 17.2 Å². The Bertz CT molecular complexity index is 667. The fraction of sp³-hybridized carbons (Fsp3) is 0.200. The van der Waals surface area contributed by atoms with Crippen LogP contribution in [0.25, 0.3) is 5.82 Å². The number of aromatic carboxylic acids is 1. The zero-order valence-electron chi connectivity index (χ0n) is 10.1. The minimum atomic E-state index is -1.58. The van der Waals surface area contributed by atoms with E-state index in [9.17, 15) is 19.3 Å². The second-order valence-electron chi connectivity index (χ2n) is 3.68. The normalized spacial score (nSPS) is 10.5. The lowest BCUT2D eigenvalue weighted by Crippen LogP contribution is -2.08. The highest BCUT2D eigenvalue weighted by Gasteiger charge is 2.27. The largest absolute Gasteiger partial charge is 0.476 e. The molecule has 2 aromatic heterocycles. The van der Waals surface area contributed by atoms with E-state index in [1.807, 2.05) is 0 Å². The van der Waals surface area contributed by atoms with Crippen molar-refractivity contribution in [1.29, 1.82) is 0 Å². The number of nitrogens with zero attached hydrogens (tertiary/aromatic N) is 5. The summed E-state index contributed by atoms with van der Waals surface area (Å²) in [6.45, 7) is 1.67. The second-order valence-corrected chi connectivity index (χ2v) is 3.68. The first-order chi connectivity index (χ1) is 9.45. The van der Waals surface area contributed by atoms with Crippen LogP contribution in [0.4, 0.5) is 10.1 Å². The first-order valence-corrected chi connectivity index (χ1v) is 5.42. The number of aryl methyl sites for hydroxylation is 1. The lowest BCUT2D eigenvalue weighted by molar-refractivity contribution is -0.385. The van der Waals surface area contributed by atoms with Gasteiger partial charge in [0.1, 0.15) is 12.5 Å². The molecule has 0 unspecified atom stereocenters. The van der Waals surface area contributed by atoms with E-state index in [1.165, 1.54) is 0 Å². The molecule has 0 saturated carbocycles. The van der Waals surface area contributed by atoms with Gasteiger partial charge in [-0.25, -0.2) is 23.8 Å². The summed E-state index contributed by atoms with van der Waals surface area (Å²) >= 11 is 0. The smallest absolute Gasteiger partial charge is 0.363 e. The zero-order chi connectivity index (χ0) is 14.9. The predicted molar refractivity (Wildman–Crippen MR) is 62.1 cm³/mol. The van der Waals surface area contributed by atoms with E-state index in [4.69, 9.17) is 5.11 Å². The molecular formula is C10H8FN5O4. The number of carboxylic acids is 1. The quantitative estimate of drug-likeness (QED) is 0.653. The summed E-state index contributed by atoms with van der Waals surface area (Å²) < 4.78 is 14.7. The molecule has 0 aromatic carbocycles. The summed E-state index contributed by atoms with van der Waals surface area (Å²) in [6, 6.07) is 0. The van der Waals surface area contributed by atoms with Crippen molar-refractivity contribution in [2.24, 2.45) is 0 Å². The number of halogens is 1. The van der Waals surface area contributed by atoms with Gasteiger partial charge in [-0.2, -0.15) is 5.10 Å². The minimum absolute atomic E-state index is 0.102. The van der Waals surface area contributed by atoms with Gasteiger partial charge < -0.3 is 5.11 Å². The predicted octanol–water partition coefficient (Wildman–Crippen LogP) is 0.970. The summed E-state index contributed by atoms with van der Waals surface area (Å²) in [5, 5.41) is 23.1. The zero-order valence-corrected chi connectivity index (χ0v) is 10.1. The molecule has 0 fully saturated rings. The van der Waals surface area contributed by atoms with E-state index in [0.29, 0.717) is 0 Å². The van der Waals surface area contributed by atoms with Crippen LogP contribution >= 0.6 is 0 Å². The van der Waals surface area contributed by atoms with Crippen LogP contribution in [0.3, 0.4) is 0 Å². The van der Waals surface area contributed by atoms with E-state index in [-0.39, 0.29) is 17.9 Å². The summed E-state index contributed by atoms with van der Waals surface area (Å²) in [6.07, 6.45) is 2.16. The summed E-state index contributed by atoms with van der Waals surface area (Å²) in [7, 11) is 0. The van der Waals surface area contributed by atoms with Crippen LogP contribution in [0.1, 0.15) is 23.1 Å². The Labute approximate surface area is 110 Å². The summed E-state index contributed by atoms with van der Waals surface area (Å²) in [5.41, 5.74) is -1.43. The number of hydrogen-bond acceptors (Lipinski definition) is 6. The van der Waals surface area contributed by atoms with Crippen molar-refractivity contribution in [1.82, 2.24) is 19.7 Å². The molecule has 104 valence electrons. The van der Waals surface area contributed by atoms with Crippen molar-refractivity contribution in [3.63, 3.8) is 0 Å². The number of rotatable bonds is 4. The molecule has 0 aliphatic rings. The number of hydrogen-bond donors (Lipinski definition) is 1. The van der Waals surface area contributed by atoms with E-state index < -0.39 is 28.1 Å². The topological polar surface area (TPSA) is 124 Å². The molecule has 2 heterocycles. The van der Waals surface area contributed by atoms with E-state index >= 15 is 0 Å². The maximum atomic E-state index is 14.0. The van der Waals surface area contributed by atoms with Crippen molar-refractivity contribution in [3.05, 3.63) is 39.8 Å². The summed E-state index contributed by atoms with van der Waals surface area (Å²) in [4.78, 5) is 28.0. The van der Waals surface area contributed by atoms with Crippen molar-refractivity contribution in [2.75, 3.05) is 0 Å². The fourth-order valence-electron chi connectivity index (χ4n) is 1.56. The van der Waals surface area contributed by atoms with Crippen molar-refractivity contribution in [3.8, 4) is 5.82 Å². The molecule has 0 spiro atoms. The molecule has 2 aromatic rings. The van der Waals surface area contributed by atoms with Gasteiger partial charge in [0.05, 0.1) is 10.6 Å². The van der Waals surface area contributed by atoms with Crippen LogP contribution in [0, 0.1) is 15.9 Å². The Hall–Kier alpha value is -2.91. The molecule has 0 amide bonds. The van der Waals surface area contributed by atoms with Crippen LogP contribution in [0.5, 0.6) is 0 Å².